The van der Waals surface area contributed by atoms with Crippen LogP contribution in [0.15, 0.2) is 0 Å². The summed E-state index contributed by atoms with van der Waals surface area (Å²) in [7, 11) is 2.25. The third-order valence-corrected chi connectivity index (χ3v) is 3.76. The van der Waals surface area contributed by atoms with Gasteiger partial charge in [0.2, 0.25) is 0 Å². The van der Waals surface area contributed by atoms with Crippen molar-refractivity contribution >= 4 is 0 Å². The third-order valence-electron chi connectivity index (χ3n) is 3.76. The van der Waals surface area contributed by atoms with E-state index >= 15 is 0 Å². The molecular formula is C15H34N2. The molecule has 0 radical (unpaired) electrons. The molecule has 0 heterocycles. The Balaban J connectivity index is 3.54. The lowest BCUT2D eigenvalue weighted by molar-refractivity contribution is 0.227. The fourth-order valence-electron chi connectivity index (χ4n) is 2.38. The number of unbranched alkanes of at least 4 members (excludes halogenated alkanes) is 2. The highest BCUT2D eigenvalue weighted by atomic mass is 15.1. The SMILES string of the molecule is CCCCCC(C)NCCN(C)C(CC)CC. The summed E-state index contributed by atoms with van der Waals surface area (Å²) in [4.78, 5) is 2.49. The Bertz CT molecular complexity index is 155. The second kappa shape index (κ2) is 11.0. The van der Waals surface area contributed by atoms with Gasteiger partial charge in [-0.05, 0) is 33.2 Å². The zero-order valence-corrected chi connectivity index (χ0v) is 12.8. The maximum absolute atomic E-state index is 3.63. The molecule has 0 aliphatic heterocycles. The highest BCUT2D eigenvalue weighted by molar-refractivity contribution is 4.68. The van der Waals surface area contributed by atoms with Crippen LogP contribution in [0.25, 0.3) is 0 Å². The highest BCUT2D eigenvalue weighted by Gasteiger charge is 2.09. The van der Waals surface area contributed by atoms with Crippen LogP contribution in [0.5, 0.6) is 0 Å². The van der Waals surface area contributed by atoms with Crippen molar-refractivity contribution < 1.29 is 0 Å². The van der Waals surface area contributed by atoms with Crippen LogP contribution in [-0.4, -0.2) is 37.1 Å². The number of likely N-dealkylation sites (N-methyl/N-ethyl adjacent to an activating group) is 1. The van der Waals surface area contributed by atoms with Gasteiger partial charge in [-0.2, -0.15) is 0 Å². The summed E-state index contributed by atoms with van der Waals surface area (Å²) in [6, 6.07) is 1.43. The quantitative estimate of drug-likeness (QED) is 0.556. The van der Waals surface area contributed by atoms with Gasteiger partial charge in [0.05, 0.1) is 0 Å². The maximum Gasteiger partial charge on any atom is 0.0107 e. The van der Waals surface area contributed by atoms with E-state index in [4.69, 9.17) is 0 Å². The monoisotopic (exact) mass is 242 g/mol. The Hall–Kier alpha value is -0.0800. The fourth-order valence-corrected chi connectivity index (χ4v) is 2.38. The summed E-state index contributed by atoms with van der Waals surface area (Å²) in [5.74, 6) is 0. The van der Waals surface area contributed by atoms with E-state index in [1.165, 1.54) is 45.1 Å². The van der Waals surface area contributed by atoms with Gasteiger partial charge < -0.3 is 10.2 Å². The van der Waals surface area contributed by atoms with Crippen molar-refractivity contribution in [2.45, 2.75) is 78.3 Å². The summed E-state index contributed by atoms with van der Waals surface area (Å²) in [6.07, 6.45) is 7.91. The first-order chi connectivity index (χ1) is 8.15. The number of hydrogen-bond acceptors (Lipinski definition) is 2. The van der Waals surface area contributed by atoms with Crippen LogP contribution in [0, 0.1) is 0 Å². The molecule has 2 heteroatoms. The first kappa shape index (κ1) is 16.9. The molecule has 0 aliphatic carbocycles. The summed E-state index contributed by atoms with van der Waals surface area (Å²) < 4.78 is 0. The predicted octanol–water partition coefficient (Wildman–Crippen LogP) is 3.67. The molecule has 0 spiro atoms. The summed E-state index contributed by atoms with van der Waals surface area (Å²) in [5, 5.41) is 3.63. The number of nitrogens with one attached hydrogen (secondary N) is 1. The minimum Gasteiger partial charge on any atom is -0.313 e. The van der Waals surface area contributed by atoms with Crippen molar-refractivity contribution in [2.75, 3.05) is 20.1 Å². The zero-order valence-electron chi connectivity index (χ0n) is 12.8. The van der Waals surface area contributed by atoms with Gasteiger partial charge >= 0.3 is 0 Å². The van der Waals surface area contributed by atoms with Gasteiger partial charge in [-0.1, -0.05) is 40.0 Å². The van der Waals surface area contributed by atoms with Crippen LogP contribution in [0.2, 0.25) is 0 Å². The average molecular weight is 242 g/mol. The van der Waals surface area contributed by atoms with Gasteiger partial charge in [0.1, 0.15) is 0 Å². The van der Waals surface area contributed by atoms with Crippen LogP contribution in [0.1, 0.15) is 66.2 Å². The smallest absolute Gasteiger partial charge is 0.0107 e. The minimum absolute atomic E-state index is 0.677. The van der Waals surface area contributed by atoms with Crippen molar-refractivity contribution in [3.8, 4) is 0 Å². The van der Waals surface area contributed by atoms with Gasteiger partial charge in [0, 0.05) is 25.2 Å². The van der Waals surface area contributed by atoms with Gasteiger partial charge in [-0.15, -0.1) is 0 Å². The lowest BCUT2D eigenvalue weighted by Gasteiger charge is -2.26. The molecule has 0 aromatic heterocycles. The molecule has 0 saturated heterocycles. The van der Waals surface area contributed by atoms with E-state index in [0.29, 0.717) is 6.04 Å². The summed E-state index contributed by atoms with van der Waals surface area (Å²) >= 11 is 0. The van der Waals surface area contributed by atoms with E-state index in [0.717, 1.165) is 12.6 Å². The van der Waals surface area contributed by atoms with Crippen molar-refractivity contribution in [1.82, 2.24) is 10.2 Å². The Kier molecular flexibility index (Phi) is 11.0. The van der Waals surface area contributed by atoms with Crippen molar-refractivity contribution in [1.29, 1.82) is 0 Å². The molecule has 0 amide bonds. The van der Waals surface area contributed by atoms with E-state index < -0.39 is 0 Å². The van der Waals surface area contributed by atoms with Gasteiger partial charge in [0.25, 0.3) is 0 Å². The zero-order chi connectivity index (χ0) is 13.1. The van der Waals surface area contributed by atoms with Gasteiger partial charge in [-0.3, -0.25) is 0 Å². The van der Waals surface area contributed by atoms with Crippen LogP contribution < -0.4 is 5.32 Å². The Morgan fingerprint density at radius 1 is 1.06 bits per heavy atom. The van der Waals surface area contributed by atoms with Crippen LogP contribution in [0.3, 0.4) is 0 Å². The molecular weight excluding hydrogens is 208 g/mol. The molecule has 0 aromatic rings. The molecule has 104 valence electrons. The first-order valence-corrected chi connectivity index (χ1v) is 7.59. The number of nitrogens with zero attached hydrogens (tertiary/aromatic N) is 1. The van der Waals surface area contributed by atoms with E-state index in [1.54, 1.807) is 0 Å². The number of hydrogen-bond donors (Lipinski definition) is 1. The lowest BCUT2D eigenvalue weighted by Crippen LogP contribution is -2.38. The summed E-state index contributed by atoms with van der Waals surface area (Å²) in [6.45, 7) is 11.4. The highest BCUT2D eigenvalue weighted by Crippen LogP contribution is 2.05. The van der Waals surface area contributed by atoms with E-state index in [-0.39, 0.29) is 0 Å². The van der Waals surface area contributed by atoms with Gasteiger partial charge in [0.15, 0.2) is 0 Å². The molecule has 1 N–H and O–H groups in total. The summed E-state index contributed by atoms with van der Waals surface area (Å²) in [5.41, 5.74) is 0. The van der Waals surface area contributed by atoms with E-state index in [9.17, 15) is 0 Å². The lowest BCUT2D eigenvalue weighted by atomic mass is 10.1. The number of rotatable bonds is 11. The van der Waals surface area contributed by atoms with Crippen molar-refractivity contribution in [3.05, 3.63) is 0 Å². The Morgan fingerprint density at radius 3 is 2.24 bits per heavy atom. The second-order valence-corrected chi connectivity index (χ2v) is 5.30. The van der Waals surface area contributed by atoms with Crippen molar-refractivity contribution in [3.63, 3.8) is 0 Å². The average Bonchev–Trinajstić information content (AvgIpc) is 2.31. The fraction of sp³-hybridized carbons (Fsp3) is 1.00. The topological polar surface area (TPSA) is 15.3 Å². The Morgan fingerprint density at radius 2 is 1.71 bits per heavy atom. The van der Waals surface area contributed by atoms with Crippen LogP contribution in [-0.2, 0) is 0 Å². The third kappa shape index (κ3) is 8.62. The van der Waals surface area contributed by atoms with Crippen molar-refractivity contribution in [2.24, 2.45) is 0 Å². The predicted molar refractivity (Wildman–Crippen MR) is 78.6 cm³/mol. The molecule has 0 saturated carbocycles. The second-order valence-electron chi connectivity index (χ2n) is 5.30. The van der Waals surface area contributed by atoms with E-state index in [1.807, 2.05) is 0 Å². The van der Waals surface area contributed by atoms with Crippen LogP contribution >= 0.6 is 0 Å². The molecule has 2 nitrogen and oxygen atoms in total. The molecule has 1 unspecified atom stereocenters. The van der Waals surface area contributed by atoms with Crippen LogP contribution in [0.4, 0.5) is 0 Å². The standard InChI is InChI=1S/C15H34N2/c1-6-9-10-11-14(4)16-12-13-17(5)15(7-2)8-3/h14-16H,6-13H2,1-5H3. The largest absolute Gasteiger partial charge is 0.313 e. The molecule has 1 atom stereocenters. The van der Waals surface area contributed by atoms with Gasteiger partial charge in [-0.25, -0.2) is 0 Å². The Labute approximate surface area is 109 Å². The first-order valence-electron chi connectivity index (χ1n) is 7.59. The molecule has 17 heavy (non-hydrogen) atoms. The van der Waals surface area contributed by atoms with E-state index in [2.05, 4.69) is 45.0 Å². The molecule has 0 aliphatic rings. The maximum atomic E-state index is 3.63. The molecule has 0 aromatic carbocycles. The molecule has 0 bridgehead atoms. The minimum atomic E-state index is 0.677. The normalized spacial score (nSPS) is 13.6. The molecule has 0 rings (SSSR count). The molecule has 0 fully saturated rings.